The Morgan fingerprint density at radius 2 is 1.49 bits per heavy atom. The molecule has 0 saturated carbocycles. The van der Waals surface area contributed by atoms with E-state index >= 15 is 0 Å². The Bertz CT molecular complexity index is 2750. The third kappa shape index (κ3) is 10.6. The van der Waals surface area contributed by atoms with E-state index in [4.69, 9.17) is 9.57 Å². The summed E-state index contributed by atoms with van der Waals surface area (Å²) in [6.07, 6.45) is 1.09. The zero-order valence-corrected chi connectivity index (χ0v) is 35.4. The van der Waals surface area contributed by atoms with Crippen LogP contribution in [-0.4, -0.2) is 94.8 Å². The van der Waals surface area contributed by atoms with Gasteiger partial charge in [0.15, 0.2) is 27.1 Å². The van der Waals surface area contributed by atoms with E-state index in [2.05, 4.69) is 20.9 Å². The topological polar surface area (TPSA) is 214 Å². The standard InChI is InChI=1S/C39H40N6O10S4/c1-4-54-36(48)15-16-40-37(49)43-39-45(33-14-12-29(24-35(33)57-39)26-7-5-9-30(21-26)58(3,50)51)55-20-18-44(17-19-46)59(52,53)31-10-6-8-27(22-31)28-11-13-32-34(23-28)56-38(42-32)41-25(2)47/h5-14,21-24,46H,4,15-20H2,1-3H3,(H2,40,41,42,47,49)/p+1. The van der Waals surface area contributed by atoms with Crippen molar-refractivity contribution in [1.82, 2.24) is 14.6 Å². The Labute approximate surface area is 348 Å². The number of hydrogen-bond acceptors (Lipinski definition) is 13. The number of rotatable bonds is 17. The number of fused-ring (bicyclic) bond motifs is 2. The van der Waals surface area contributed by atoms with E-state index < -0.39 is 38.5 Å². The van der Waals surface area contributed by atoms with Crippen LogP contribution in [0, 0.1) is 0 Å². The van der Waals surface area contributed by atoms with Crippen LogP contribution in [0.3, 0.4) is 0 Å². The number of anilines is 2. The second-order valence-corrected chi connectivity index (χ2v) is 19.0. The first-order chi connectivity index (χ1) is 28.2. The maximum absolute atomic E-state index is 14.1. The average Bonchev–Trinajstić information content (AvgIpc) is 3.75. The van der Waals surface area contributed by atoms with Gasteiger partial charge in [-0.2, -0.15) is 9.62 Å². The van der Waals surface area contributed by atoms with Crippen molar-refractivity contribution in [1.29, 1.82) is 0 Å². The Balaban J connectivity index is 1.24. The normalized spacial score (nSPS) is 11.8. The minimum absolute atomic E-state index is 0.00487. The fourth-order valence-corrected chi connectivity index (χ4v) is 10.1. The van der Waals surface area contributed by atoms with E-state index in [9.17, 15) is 36.3 Å². The second-order valence-electron chi connectivity index (χ2n) is 13.0. The fraction of sp³-hybridized carbons (Fsp3) is 0.256. The molecule has 3 amide bonds. The van der Waals surface area contributed by atoms with Crippen LogP contribution in [0.2, 0.25) is 0 Å². The molecule has 2 aromatic heterocycles. The van der Waals surface area contributed by atoms with Crippen molar-refractivity contribution in [3.05, 3.63) is 84.9 Å². The molecule has 6 aromatic rings. The lowest BCUT2D eigenvalue weighted by molar-refractivity contribution is -0.857. The molecule has 2 heterocycles. The van der Waals surface area contributed by atoms with Crippen molar-refractivity contribution in [3.63, 3.8) is 0 Å². The SMILES string of the molecule is CCOC(=O)CCNC(=O)Nc1sc2cc(-c3cccc(S(C)(=O)=O)c3)ccc2[n+]1OCCN(CCO)S(=O)(=O)c1cccc(-c2ccc3nc(NC(C)=O)sc3c2)c1. The average molecular weight is 882 g/mol. The van der Waals surface area contributed by atoms with Gasteiger partial charge < -0.3 is 25.3 Å². The van der Waals surface area contributed by atoms with Gasteiger partial charge in [-0.3, -0.25) is 9.59 Å². The number of nitrogens with one attached hydrogen (secondary N) is 3. The number of sulfone groups is 1. The quantitative estimate of drug-likeness (QED) is 0.0729. The van der Waals surface area contributed by atoms with Crippen LogP contribution in [0.15, 0.2) is 94.7 Å². The van der Waals surface area contributed by atoms with Crippen LogP contribution in [0.4, 0.5) is 15.1 Å². The van der Waals surface area contributed by atoms with Crippen LogP contribution in [0.1, 0.15) is 20.3 Å². The minimum Gasteiger partial charge on any atom is -0.466 e. The number of sulfonamides is 1. The van der Waals surface area contributed by atoms with Crippen LogP contribution in [0.5, 0.6) is 0 Å². The molecule has 0 unspecified atom stereocenters. The molecule has 6 rings (SSSR count). The van der Waals surface area contributed by atoms with Gasteiger partial charge in [0.25, 0.3) is 0 Å². The third-order valence-corrected chi connectivity index (χ3v) is 13.6. The Hall–Kier alpha value is -5.51. The van der Waals surface area contributed by atoms with E-state index in [1.807, 2.05) is 18.2 Å². The van der Waals surface area contributed by atoms with Crippen LogP contribution < -0.4 is 25.5 Å². The summed E-state index contributed by atoms with van der Waals surface area (Å²) in [7, 11) is -7.62. The summed E-state index contributed by atoms with van der Waals surface area (Å²) >= 11 is 2.46. The number of amides is 3. The largest absolute Gasteiger partial charge is 0.466 e. The molecule has 310 valence electrons. The molecule has 0 radical (unpaired) electrons. The first-order valence-electron chi connectivity index (χ1n) is 18.2. The van der Waals surface area contributed by atoms with Crippen molar-refractivity contribution in [3.8, 4) is 22.3 Å². The number of aromatic nitrogens is 2. The molecule has 4 aromatic carbocycles. The number of ether oxygens (including phenoxy) is 1. The smallest absolute Gasteiger partial charge is 0.407 e. The van der Waals surface area contributed by atoms with E-state index in [0.717, 1.165) is 32.2 Å². The lowest BCUT2D eigenvalue weighted by Crippen LogP contribution is -2.48. The highest BCUT2D eigenvalue weighted by atomic mass is 32.2. The molecule has 0 aliphatic carbocycles. The van der Waals surface area contributed by atoms with Gasteiger partial charge in [0.1, 0.15) is 0 Å². The van der Waals surface area contributed by atoms with Gasteiger partial charge in [-0.15, -0.1) is 0 Å². The molecule has 0 bridgehead atoms. The summed E-state index contributed by atoms with van der Waals surface area (Å²) in [5.74, 6) is -0.706. The maximum atomic E-state index is 14.1. The van der Waals surface area contributed by atoms with Crippen LogP contribution in [-0.2, 0) is 34.2 Å². The first kappa shape index (κ1) is 43.1. The summed E-state index contributed by atoms with van der Waals surface area (Å²) < 4.78 is 61.4. The lowest BCUT2D eigenvalue weighted by Gasteiger charge is -2.21. The van der Waals surface area contributed by atoms with Crippen molar-refractivity contribution < 1.29 is 50.6 Å². The molecular weight excluding hydrogens is 841 g/mol. The molecule has 16 nitrogen and oxygen atoms in total. The number of aliphatic hydroxyl groups is 1. The van der Waals surface area contributed by atoms with Crippen molar-refractivity contribution in [2.45, 2.75) is 30.1 Å². The molecule has 0 fully saturated rings. The zero-order chi connectivity index (χ0) is 42.3. The number of benzene rings is 4. The van der Waals surface area contributed by atoms with Gasteiger partial charge in [0.05, 0.1) is 50.9 Å². The van der Waals surface area contributed by atoms with Crippen molar-refractivity contribution in [2.75, 3.05) is 56.3 Å². The number of thiazole rings is 2. The summed E-state index contributed by atoms with van der Waals surface area (Å²) in [5.41, 5.74) is 3.92. The van der Waals surface area contributed by atoms with E-state index in [0.29, 0.717) is 37.6 Å². The molecular formula is C39H41N6O10S4+. The Kier molecular flexibility index (Phi) is 13.6. The molecule has 0 atom stereocenters. The van der Waals surface area contributed by atoms with Crippen molar-refractivity contribution >= 4 is 91.1 Å². The van der Waals surface area contributed by atoms with Crippen LogP contribution in [0.25, 0.3) is 42.7 Å². The van der Waals surface area contributed by atoms with Gasteiger partial charge in [0.2, 0.25) is 15.9 Å². The van der Waals surface area contributed by atoms with E-state index in [1.165, 1.54) is 35.1 Å². The number of urea groups is 1. The summed E-state index contributed by atoms with van der Waals surface area (Å²) in [6.45, 7) is 2.22. The monoisotopic (exact) mass is 881 g/mol. The van der Waals surface area contributed by atoms with Gasteiger partial charge in [-0.1, -0.05) is 41.7 Å². The molecule has 0 aliphatic heterocycles. The van der Waals surface area contributed by atoms with E-state index in [-0.39, 0.29) is 60.1 Å². The number of hydrogen-bond donors (Lipinski definition) is 4. The number of esters is 1. The molecule has 59 heavy (non-hydrogen) atoms. The maximum Gasteiger partial charge on any atom is 0.407 e. The van der Waals surface area contributed by atoms with E-state index in [1.54, 1.807) is 61.5 Å². The summed E-state index contributed by atoms with van der Waals surface area (Å²) in [4.78, 5) is 47.0. The number of nitrogens with zero attached hydrogens (tertiary/aromatic N) is 3. The van der Waals surface area contributed by atoms with Crippen molar-refractivity contribution in [2.24, 2.45) is 0 Å². The predicted molar refractivity (Wildman–Crippen MR) is 225 cm³/mol. The molecule has 20 heteroatoms. The molecule has 0 saturated heterocycles. The minimum atomic E-state index is -4.16. The number of carbonyl (C=O) groups excluding carboxylic acids is 3. The fourth-order valence-electron chi connectivity index (χ4n) is 5.95. The molecule has 0 spiro atoms. The predicted octanol–water partition coefficient (Wildman–Crippen LogP) is 4.68. The van der Waals surface area contributed by atoms with Gasteiger partial charge in [-0.05, 0) is 99.8 Å². The van der Waals surface area contributed by atoms with Gasteiger partial charge in [-0.25, -0.2) is 26.6 Å². The molecule has 0 aliphatic rings. The van der Waals surface area contributed by atoms with Crippen LogP contribution >= 0.6 is 22.7 Å². The summed E-state index contributed by atoms with van der Waals surface area (Å²) in [6, 6.07) is 23.1. The highest BCUT2D eigenvalue weighted by Gasteiger charge is 2.28. The molecule has 4 N–H and O–H groups in total. The Morgan fingerprint density at radius 1 is 0.831 bits per heavy atom. The summed E-state index contributed by atoms with van der Waals surface area (Å²) in [5, 5.41) is 18.6. The first-order valence-corrected chi connectivity index (χ1v) is 23.1. The van der Waals surface area contributed by atoms with Gasteiger partial charge in [0, 0.05) is 26.3 Å². The highest BCUT2D eigenvalue weighted by Crippen LogP contribution is 2.33. The Morgan fingerprint density at radius 3 is 2.17 bits per heavy atom. The number of aliphatic hydroxyl groups excluding tert-OH is 1. The third-order valence-electron chi connectivity index (χ3n) is 8.69. The second kappa shape index (κ2) is 18.6. The zero-order valence-electron chi connectivity index (χ0n) is 32.1. The number of carbonyl (C=O) groups is 3. The highest BCUT2D eigenvalue weighted by molar-refractivity contribution is 7.90. The van der Waals surface area contributed by atoms with Gasteiger partial charge >= 0.3 is 17.1 Å². The lowest BCUT2D eigenvalue weighted by atomic mass is 10.1.